The molecule has 25 heavy (non-hydrogen) atoms. The third-order valence-corrected chi connectivity index (χ3v) is 4.80. The Kier molecular flexibility index (Phi) is 4.28. The summed E-state index contributed by atoms with van der Waals surface area (Å²) < 4.78 is 28.9. The molecule has 0 radical (unpaired) electrons. The molecule has 7 nitrogen and oxygen atoms in total. The minimum absolute atomic E-state index is 0.0117. The maximum absolute atomic E-state index is 12.5. The summed E-state index contributed by atoms with van der Waals surface area (Å²) in [5, 5.41) is 13.1. The fraction of sp³-hybridized carbons (Fsp3) is 0.0588. The molecule has 2 N–H and O–H groups in total. The number of carboxylic acids is 1. The third kappa shape index (κ3) is 3.69. The number of rotatable bonds is 5. The van der Waals surface area contributed by atoms with Crippen LogP contribution in [0.1, 0.15) is 15.9 Å². The van der Waals surface area contributed by atoms with Crippen LogP contribution in [0.4, 0.5) is 5.69 Å². The van der Waals surface area contributed by atoms with Gasteiger partial charge in [-0.25, -0.2) is 17.9 Å². The van der Waals surface area contributed by atoms with Gasteiger partial charge in [0.05, 0.1) is 23.6 Å². The SMILES string of the molecule is Cc1cc(NS(=O)(=O)c2cnn(-c3ccccc3)c2)cc(C(=O)O)c1. The van der Waals surface area contributed by atoms with Gasteiger partial charge in [0, 0.05) is 5.69 Å². The van der Waals surface area contributed by atoms with Crippen LogP contribution in [0.5, 0.6) is 0 Å². The van der Waals surface area contributed by atoms with Crippen molar-refractivity contribution < 1.29 is 18.3 Å². The van der Waals surface area contributed by atoms with Crippen molar-refractivity contribution in [1.82, 2.24) is 9.78 Å². The molecule has 0 spiro atoms. The zero-order chi connectivity index (χ0) is 18.0. The fourth-order valence-electron chi connectivity index (χ4n) is 2.35. The first kappa shape index (κ1) is 16.7. The molecule has 1 heterocycles. The van der Waals surface area contributed by atoms with Gasteiger partial charge >= 0.3 is 5.97 Å². The monoisotopic (exact) mass is 357 g/mol. The lowest BCUT2D eigenvalue weighted by Gasteiger charge is -2.08. The molecule has 0 bridgehead atoms. The van der Waals surface area contributed by atoms with Crippen LogP contribution in [0.3, 0.4) is 0 Å². The van der Waals surface area contributed by atoms with Gasteiger partial charge in [-0.2, -0.15) is 5.10 Å². The molecular formula is C17H15N3O4S. The van der Waals surface area contributed by atoms with Crippen LogP contribution in [0, 0.1) is 6.92 Å². The molecule has 0 saturated heterocycles. The number of aromatic nitrogens is 2. The number of aryl methyl sites for hydroxylation is 1. The average molecular weight is 357 g/mol. The van der Waals surface area contributed by atoms with Crippen LogP contribution in [-0.4, -0.2) is 29.3 Å². The van der Waals surface area contributed by atoms with Crippen molar-refractivity contribution in [3.63, 3.8) is 0 Å². The first-order valence-electron chi connectivity index (χ1n) is 7.33. The van der Waals surface area contributed by atoms with Crippen LogP contribution in [0.15, 0.2) is 65.8 Å². The molecule has 0 amide bonds. The highest BCUT2D eigenvalue weighted by Crippen LogP contribution is 2.20. The number of benzene rings is 2. The number of hydrogen-bond acceptors (Lipinski definition) is 4. The van der Waals surface area contributed by atoms with Gasteiger partial charge < -0.3 is 5.11 Å². The van der Waals surface area contributed by atoms with Crippen molar-refractivity contribution in [2.75, 3.05) is 4.72 Å². The highest BCUT2D eigenvalue weighted by Gasteiger charge is 2.18. The second kappa shape index (κ2) is 6.40. The summed E-state index contributed by atoms with van der Waals surface area (Å²) in [5.41, 5.74) is 1.56. The highest BCUT2D eigenvalue weighted by molar-refractivity contribution is 7.92. The minimum Gasteiger partial charge on any atom is -0.478 e. The van der Waals surface area contributed by atoms with Crippen LogP contribution in [-0.2, 0) is 10.0 Å². The van der Waals surface area contributed by atoms with E-state index >= 15 is 0 Å². The number of sulfonamides is 1. The Bertz CT molecular complexity index is 1030. The highest BCUT2D eigenvalue weighted by atomic mass is 32.2. The molecule has 0 saturated carbocycles. The van der Waals surface area contributed by atoms with Crippen molar-refractivity contribution in [3.8, 4) is 5.69 Å². The Hall–Kier alpha value is -3.13. The standard InChI is InChI=1S/C17H15N3O4S/c1-12-7-13(17(21)22)9-14(8-12)19-25(23,24)16-10-18-20(11-16)15-5-3-2-4-6-15/h2-11,19H,1H3,(H,21,22). The zero-order valence-electron chi connectivity index (χ0n) is 13.2. The van der Waals surface area contributed by atoms with Gasteiger partial charge in [-0.3, -0.25) is 4.72 Å². The summed E-state index contributed by atoms with van der Waals surface area (Å²) in [6, 6.07) is 13.4. The van der Waals surface area contributed by atoms with Crippen LogP contribution in [0.25, 0.3) is 5.69 Å². The molecule has 0 atom stereocenters. The van der Waals surface area contributed by atoms with Crippen molar-refractivity contribution in [2.24, 2.45) is 0 Å². The first-order valence-corrected chi connectivity index (χ1v) is 8.81. The van der Waals surface area contributed by atoms with Crippen LogP contribution in [0.2, 0.25) is 0 Å². The lowest BCUT2D eigenvalue weighted by molar-refractivity contribution is 0.0697. The molecule has 3 rings (SSSR count). The van der Waals surface area contributed by atoms with E-state index in [0.29, 0.717) is 5.56 Å². The molecule has 128 valence electrons. The maximum atomic E-state index is 12.5. The number of carboxylic acid groups (broad SMARTS) is 1. The number of hydrogen-bond donors (Lipinski definition) is 2. The summed E-state index contributed by atoms with van der Waals surface area (Å²) in [7, 11) is -3.89. The Morgan fingerprint density at radius 2 is 1.88 bits per heavy atom. The summed E-state index contributed by atoms with van der Waals surface area (Å²) in [6.45, 7) is 1.69. The summed E-state index contributed by atoms with van der Waals surface area (Å²) in [5.74, 6) is -1.12. The van der Waals surface area contributed by atoms with Crippen LogP contribution < -0.4 is 4.72 Å². The van der Waals surface area contributed by atoms with E-state index in [-0.39, 0.29) is 16.1 Å². The normalized spacial score (nSPS) is 11.2. The summed E-state index contributed by atoms with van der Waals surface area (Å²) in [6.07, 6.45) is 2.63. The quantitative estimate of drug-likeness (QED) is 0.731. The molecule has 2 aromatic carbocycles. The predicted octanol–water partition coefficient (Wildman–Crippen LogP) is 2.68. The lowest BCUT2D eigenvalue weighted by Crippen LogP contribution is -2.13. The maximum Gasteiger partial charge on any atom is 0.335 e. The smallest absolute Gasteiger partial charge is 0.335 e. The molecule has 0 aliphatic rings. The number of anilines is 1. The van der Waals surface area contributed by atoms with Gasteiger partial charge in [0.15, 0.2) is 0 Å². The lowest BCUT2D eigenvalue weighted by atomic mass is 10.1. The summed E-state index contributed by atoms with van der Waals surface area (Å²) >= 11 is 0. The number of nitrogens with zero attached hydrogens (tertiary/aromatic N) is 2. The molecule has 3 aromatic rings. The minimum atomic E-state index is -3.89. The van der Waals surface area contributed by atoms with Crippen molar-refractivity contribution in [1.29, 1.82) is 0 Å². The van der Waals surface area contributed by atoms with E-state index in [1.807, 2.05) is 18.2 Å². The van der Waals surface area contributed by atoms with E-state index in [1.54, 1.807) is 25.1 Å². The van der Waals surface area contributed by atoms with Gasteiger partial charge in [0.2, 0.25) is 0 Å². The molecule has 0 fully saturated rings. The Morgan fingerprint density at radius 3 is 2.56 bits per heavy atom. The van der Waals surface area contributed by atoms with Gasteiger partial charge in [-0.05, 0) is 42.8 Å². The molecular weight excluding hydrogens is 342 g/mol. The second-order valence-corrected chi connectivity index (χ2v) is 7.14. The Labute approximate surface area is 144 Å². The number of para-hydroxylation sites is 1. The average Bonchev–Trinajstić information content (AvgIpc) is 3.05. The zero-order valence-corrected chi connectivity index (χ0v) is 14.1. The van der Waals surface area contributed by atoms with E-state index in [4.69, 9.17) is 5.11 Å². The van der Waals surface area contributed by atoms with E-state index < -0.39 is 16.0 Å². The summed E-state index contributed by atoms with van der Waals surface area (Å²) in [4.78, 5) is 11.1. The van der Waals surface area contributed by atoms with E-state index in [1.165, 1.54) is 29.2 Å². The Balaban J connectivity index is 1.91. The first-order chi connectivity index (χ1) is 11.8. The van der Waals surface area contributed by atoms with Crippen molar-refractivity contribution in [2.45, 2.75) is 11.8 Å². The van der Waals surface area contributed by atoms with E-state index in [0.717, 1.165) is 5.69 Å². The van der Waals surface area contributed by atoms with Gasteiger partial charge in [-0.15, -0.1) is 0 Å². The molecule has 1 aromatic heterocycles. The van der Waals surface area contributed by atoms with Gasteiger partial charge in [0.1, 0.15) is 4.90 Å². The third-order valence-electron chi connectivity index (χ3n) is 3.47. The van der Waals surface area contributed by atoms with Crippen molar-refractivity contribution >= 4 is 21.7 Å². The number of carbonyl (C=O) groups is 1. The molecule has 0 aliphatic carbocycles. The Morgan fingerprint density at radius 1 is 1.16 bits per heavy atom. The largest absolute Gasteiger partial charge is 0.478 e. The second-order valence-electron chi connectivity index (χ2n) is 5.45. The topological polar surface area (TPSA) is 101 Å². The van der Waals surface area contributed by atoms with Crippen LogP contribution >= 0.6 is 0 Å². The molecule has 0 unspecified atom stereocenters. The number of aromatic carboxylic acids is 1. The number of nitrogens with one attached hydrogen (secondary N) is 1. The molecule has 8 heteroatoms. The fourth-order valence-corrected chi connectivity index (χ4v) is 3.32. The van der Waals surface area contributed by atoms with E-state index in [9.17, 15) is 13.2 Å². The van der Waals surface area contributed by atoms with Gasteiger partial charge in [0.25, 0.3) is 10.0 Å². The van der Waals surface area contributed by atoms with Gasteiger partial charge in [-0.1, -0.05) is 18.2 Å². The van der Waals surface area contributed by atoms with Crippen molar-refractivity contribution in [3.05, 3.63) is 72.1 Å². The predicted molar refractivity (Wildman–Crippen MR) is 92.5 cm³/mol. The molecule has 0 aliphatic heterocycles. The van der Waals surface area contributed by atoms with E-state index in [2.05, 4.69) is 9.82 Å².